The predicted octanol–water partition coefficient (Wildman–Crippen LogP) is 3.28. The third-order valence-electron chi connectivity index (χ3n) is 1.01. The zero-order valence-corrected chi connectivity index (χ0v) is 8.06. The molecule has 60 valence electrons. The number of nitrogens with two attached hydrogens (primary N) is 1. The van der Waals surface area contributed by atoms with Crippen LogP contribution in [0.3, 0.4) is 0 Å². The molecule has 0 saturated heterocycles. The molecule has 0 fully saturated rings. The second kappa shape index (κ2) is 3.23. The molecule has 1 aromatic heterocycles. The molecule has 6 heteroatoms. The lowest BCUT2D eigenvalue weighted by Crippen LogP contribution is -1.92. The Balaban J connectivity index is 3.46. The molecule has 1 heterocycles. The second-order valence-corrected chi connectivity index (χ2v) is 3.22. The van der Waals surface area contributed by atoms with Crippen LogP contribution in [0.1, 0.15) is 0 Å². The van der Waals surface area contributed by atoms with Crippen LogP contribution in [0.15, 0.2) is 0 Å². The number of anilines is 1. The molecular formula is C5H2Cl4N2. The van der Waals surface area contributed by atoms with Gasteiger partial charge in [0.2, 0.25) is 0 Å². The molecule has 2 N–H and O–H groups in total. The van der Waals surface area contributed by atoms with Gasteiger partial charge in [0.1, 0.15) is 10.8 Å². The van der Waals surface area contributed by atoms with Crippen molar-refractivity contribution in [2.75, 3.05) is 5.73 Å². The van der Waals surface area contributed by atoms with Crippen molar-refractivity contribution in [2.24, 2.45) is 0 Å². The molecule has 0 saturated carbocycles. The summed E-state index contributed by atoms with van der Waals surface area (Å²) in [5.41, 5.74) is 5.32. The lowest BCUT2D eigenvalue weighted by atomic mass is 10.4. The van der Waals surface area contributed by atoms with Crippen molar-refractivity contribution < 1.29 is 0 Å². The number of nitrogens with zero attached hydrogens (tertiary/aromatic N) is 1. The highest BCUT2D eigenvalue weighted by molar-refractivity contribution is 6.52. The molecule has 0 atom stereocenters. The minimum atomic E-state index is 0.0542. The van der Waals surface area contributed by atoms with Gasteiger partial charge in [-0.15, -0.1) is 0 Å². The van der Waals surface area contributed by atoms with Crippen LogP contribution in [0.25, 0.3) is 0 Å². The summed E-state index contributed by atoms with van der Waals surface area (Å²) in [6.45, 7) is 0. The van der Waals surface area contributed by atoms with Gasteiger partial charge in [0.15, 0.2) is 5.15 Å². The van der Waals surface area contributed by atoms with E-state index in [0.717, 1.165) is 0 Å². The Morgan fingerprint density at radius 2 is 1.45 bits per heavy atom. The van der Waals surface area contributed by atoms with Gasteiger partial charge in [0.05, 0.1) is 10.0 Å². The van der Waals surface area contributed by atoms with Gasteiger partial charge in [-0.25, -0.2) is 4.98 Å². The number of hydrogen-bond donors (Lipinski definition) is 1. The van der Waals surface area contributed by atoms with E-state index in [1.54, 1.807) is 0 Å². The van der Waals surface area contributed by atoms with Crippen molar-refractivity contribution in [2.45, 2.75) is 0 Å². The first-order valence-corrected chi connectivity index (χ1v) is 4.00. The monoisotopic (exact) mass is 230 g/mol. The molecule has 0 bridgehead atoms. The van der Waals surface area contributed by atoms with Crippen LogP contribution in [0, 0.1) is 0 Å². The molecular weight excluding hydrogens is 230 g/mol. The first-order valence-electron chi connectivity index (χ1n) is 2.49. The number of hydrogen-bond acceptors (Lipinski definition) is 2. The average molecular weight is 232 g/mol. The fourth-order valence-corrected chi connectivity index (χ4v) is 1.25. The normalized spacial score (nSPS) is 10.2. The predicted molar refractivity (Wildman–Crippen MR) is 48.7 cm³/mol. The van der Waals surface area contributed by atoms with Gasteiger partial charge >= 0.3 is 0 Å². The van der Waals surface area contributed by atoms with Crippen LogP contribution in [0.5, 0.6) is 0 Å². The Bertz CT molecular complexity index is 273. The highest BCUT2D eigenvalue weighted by Gasteiger charge is 2.11. The van der Waals surface area contributed by atoms with Crippen molar-refractivity contribution in [3.8, 4) is 0 Å². The van der Waals surface area contributed by atoms with E-state index in [1.807, 2.05) is 0 Å². The summed E-state index contributed by atoms with van der Waals surface area (Å²) in [6.07, 6.45) is 0. The number of pyridine rings is 1. The van der Waals surface area contributed by atoms with Crippen LogP contribution < -0.4 is 5.73 Å². The number of aromatic nitrogens is 1. The third kappa shape index (κ3) is 1.64. The Labute approximate surface area is 83.2 Å². The molecule has 2 nitrogen and oxygen atoms in total. The van der Waals surface area contributed by atoms with Crippen molar-refractivity contribution in [3.63, 3.8) is 0 Å². The first-order chi connectivity index (χ1) is 5.04. The largest absolute Gasteiger partial charge is 0.382 e. The standard InChI is InChI=1S/C5H2Cl4N2/c6-1-2(7)4(9)11-5(10)3(1)8/h(H2,10,11). The van der Waals surface area contributed by atoms with Crippen molar-refractivity contribution in [1.29, 1.82) is 0 Å². The zero-order valence-electron chi connectivity index (χ0n) is 5.04. The van der Waals surface area contributed by atoms with E-state index in [2.05, 4.69) is 4.98 Å². The number of halogens is 4. The minimum absolute atomic E-state index is 0.0542. The molecule has 11 heavy (non-hydrogen) atoms. The van der Waals surface area contributed by atoms with Gasteiger partial charge in [-0.3, -0.25) is 0 Å². The van der Waals surface area contributed by atoms with E-state index in [4.69, 9.17) is 52.1 Å². The van der Waals surface area contributed by atoms with E-state index in [1.165, 1.54) is 0 Å². The molecule has 1 aromatic rings. The van der Waals surface area contributed by atoms with Crippen molar-refractivity contribution in [1.82, 2.24) is 4.98 Å². The fourth-order valence-electron chi connectivity index (χ4n) is 0.503. The van der Waals surface area contributed by atoms with Crippen LogP contribution in [0.2, 0.25) is 20.2 Å². The smallest absolute Gasteiger partial charge is 0.151 e. The molecule has 0 amide bonds. The summed E-state index contributed by atoms with van der Waals surface area (Å²) < 4.78 is 0. The van der Waals surface area contributed by atoms with Crippen molar-refractivity contribution in [3.05, 3.63) is 20.2 Å². The maximum absolute atomic E-state index is 5.62. The molecule has 1 rings (SSSR count). The SMILES string of the molecule is Nc1nc(Cl)c(Cl)c(Cl)c1Cl. The molecule has 0 aliphatic carbocycles. The zero-order chi connectivity index (χ0) is 8.59. The Hall–Kier alpha value is 0.110. The van der Waals surface area contributed by atoms with E-state index in [0.29, 0.717) is 0 Å². The van der Waals surface area contributed by atoms with Gasteiger partial charge in [-0.2, -0.15) is 0 Å². The van der Waals surface area contributed by atoms with E-state index >= 15 is 0 Å². The summed E-state index contributed by atoms with van der Waals surface area (Å²) in [5.74, 6) is 0.0751. The summed E-state index contributed by atoms with van der Waals surface area (Å²) in [6, 6.07) is 0. The van der Waals surface area contributed by atoms with Crippen molar-refractivity contribution >= 4 is 52.2 Å². The number of rotatable bonds is 0. The lowest BCUT2D eigenvalue weighted by Gasteiger charge is -2.02. The van der Waals surface area contributed by atoms with Gasteiger partial charge in [-0.05, 0) is 0 Å². The minimum Gasteiger partial charge on any atom is -0.382 e. The summed E-state index contributed by atoms with van der Waals surface area (Å²) in [7, 11) is 0. The molecule has 0 spiro atoms. The highest BCUT2D eigenvalue weighted by Crippen LogP contribution is 2.36. The molecule has 0 aromatic carbocycles. The second-order valence-electron chi connectivity index (χ2n) is 1.73. The van der Waals surface area contributed by atoms with Gasteiger partial charge < -0.3 is 5.73 Å². The first kappa shape index (κ1) is 9.20. The highest BCUT2D eigenvalue weighted by atomic mass is 35.5. The van der Waals surface area contributed by atoms with Crippen LogP contribution in [0.4, 0.5) is 5.82 Å². The maximum Gasteiger partial charge on any atom is 0.151 e. The van der Waals surface area contributed by atoms with Crippen LogP contribution in [-0.2, 0) is 0 Å². The van der Waals surface area contributed by atoms with E-state index in [-0.39, 0.29) is 26.0 Å². The lowest BCUT2D eigenvalue weighted by molar-refractivity contribution is 1.34. The average Bonchev–Trinajstić information content (AvgIpc) is 1.97. The summed E-state index contributed by atoms with van der Waals surface area (Å²) in [5, 5.41) is 0.429. The maximum atomic E-state index is 5.62. The molecule has 0 unspecified atom stereocenters. The summed E-state index contributed by atoms with van der Waals surface area (Å²) in [4.78, 5) is 3.63. The Morgan fingerprint density at radius 1 is 0.909 bits per heavy atom. The van der Waals surface area contributed by atoms with Crippen LogP contribution >= 0.6 is 46.4 Å². The topological polar surface area (TPSA) is 38.9 Å². The fraction of sp³-hybridized carbons (Fsp3) is 0. The number of nitrogen functional groups attached to an aromatic ring is 1. The van der Waals surface area contributed by atoms with Gasteiger partial charge in [-0.1, -0.05) is 46.4 Å². The summed E-state index contributed by atoms with van der Waals surface area (Å²) >= 11 is 22.3. The Morgan fingerprint density at radius 3 is 2.00 bits per heavy atom. The third-order valence-corrected chi connectivity index (χ3v) is 2.70. The molecule has 0 aliphatic heterocycles. The molecule has 0 aliphatic rings. The Kier molecular flexibility index (Phi) is 2.70. The van der Waals surface area contributed by atoms with Gasteiger partial charge in [0, 0.05) is 0 Å². The van der Waals surface area contributed by atoms with Gasteiger partial charge in [0.25, 0.3) is 0 Å². The quantitative estimate of drug-likeness (QED) is 0.697. The van der Waals surface area contributed by atoms with Crippen LogP contribution in [-0.4, -0.2) is 4.98 Å². The molecule has 0 radical (unpaired) electrons. The van der Waals surface area contributed by atoms with E-state index in [9.17, 15) is 0 Å². The van der Waals surface area contributed by atoms with E-state index < -0.39 is 0 Å².